The lowest BCUT2D eigenvalue weighted by atomic mass is 9.91. The predicted octanol–water partition coefficient (Wildman–Crippen LogP) is 12.8. The van der Waals surface area contributed by atoms with E-state index in [9.17, 15) is 0 Å². The molecule has 0 bridgehead atoms. The van der Waals surface area contributed by atoms with Crippen molar-refractivity contribution < 1.29 is 0 Å². The molecule has 9 rings (SSSR count). The van der Waals surface area contributed by atoms with Gasteiger partial charge >= 0.3 is 0 Å². The summed E-state index contributed by atoms with van der Waals surface area (Å²) in [5.74, 6) is 0. The van der Waals surface area contributed by atoms with Crippen LogP contribution in [0.15, 0.2) is 176 Å². The van der Waals surface area contributed by atoms with E-state index in [1.54, 1.807) is 0 Å². The maximum atomic E-state index is 9.13. The van der Waals surface area contributed by atoms with Crippen molar-refractivity contribution in [3.8, 4) is 50.6 Å². The largest absolute Gasteiger partial charge is 0.192 e. The van der Waals surface area contributed by atoms with Crippen molar-refractivity contribution in [1.82, 2.24) is 0 Å². The van der Waals surface area contributed by atoms with Crippen LogP contribution in [0.25, 0.3) is 87.6 Å². The van der Waals surface area contributed by atoms with E-state index in [1.165, 1.54) is 76.5 Å². The molecule has 0 radical (unpaired) electrons. The second-order valence-electron chi connectivity index (χ2n) is 12.5. The van der Waals surface area contributed by atoms with Crippen molar-refractivity contribution in [2.75, 3.05) is 0 Å². The molecule has 0 aliphatic rings. The minimum absolute atomic E-state index is 0.677. The second-order valence-corrected chi connectivity index (χ2v) is 12.5. The number of nitriles is 1. The van der Waals surface area contributed by atoms with Gasteiger partial charge in [-0.1, -0.05) is 127 Å². The zero-order valence-electron chi connectivity index (χ0n) is 26.2. The minimum Gasteiger partial charge on any atom is -0.192 e. The first kappa shape index (κ1) is 27.8. The standard InChI is InChI=1S/C47H29N/c48-30-31-12-14-32(15-13-31)34-16-17-37-26-40(21-20-36(37)24-34)41-23-22-38-25-35(18-19-39(38)27-41)33-7-5-8-42(28-33)47-29-43-6-1-2-9-44(43)45-10-3-4-11-46(45)47/h1-29H. The molecule has 0 unspecified atom stereocenters. The molecule has 0 aliphatic carbocycles. The van der Waals surface area contributed by atoms with Crippen LogP contribution >= 0.6 is 0 Å². The van der Waals surface area contributed by atoms with Gasteiger partial charge in [-0.25, -0.2) is 0 Å². The van der Waals surface area contributed by atoms with Gasteiger partial charge in [0, 0.05) is 0 Å². The summed E-state index contributed by atoms with van der Waals surface area (Å²) in [5.41, 5.74) is 10.3. The van der Waals surface area contributed by atoms with Crippen LogP contribution in [0.1, 0.15) is 5.56 Å². The van der Waals surface area contributed by atoms with Crippen LogP contribution in [-0.4, -0.2) is 0 Å². The van der Waals surface area contributed by atoms with Gasteiger partial charge in [0.2, 0.25) is 0 Å². The molecule has 0 N–H and O–H groups in total. The molecular formula is C47H29N. The number of hydrogen-bond acceptors (Lipinski definition) is 1. The zero-order valence-corrected chi connectivity index (χ0v) is 26.2. The molecule has 0 saturated heterocycles. The highest BCUT2D eigenvalue weighted by Crippen LogP contribution is 2.37. The molecule has 48 heavy (non-hydrogen) atoms. The van der Waals surface area contributed by atoms with Crippen LogP contribution in [-0.2, 0) is 0 Å². The Morgan fingerprint density at radius 2 is 0.750 bits per heavy atom. The highest BCUT2D eigenvalue weighted by Gasteiger charge is 2.10. The summed E-state index contributed by atoms with van der Waals surface area (Å²) in [6.07, 6.45) is 0. The summed E-state index contributed by atoms with van der Waals surface area (Å²) in [6, 6.07) is 65.5. The quantitative estimate of drug-likeness (QED) is 0.183. The van der Waals surface area contributed by atoms with Crippen LogP contribution in [0.5, 0.6) is 0 Å². The molecular weight excluding hydrogens is 579 g/mol. The molecule has 222 valence electrons. The third-order valence-corrected chi connectivity index (χ3v) is 9.64. The van der Waals surface area contributed by atoms with Gasteiger partial charge in [0.05, 0.1) is 11.6 Å². The fraction of sp³-hybridized carbons (Fsp3) is 0. The van der Waals surface area contributed by atoms with E-state index >= 15 is 0 Å². The van der Waals surface area contributed by atoms with Crippen LogP contribution in [0, 0.1) is 11.3 Å². The summed E-state index contributed by atoms with van der Waals surface area (Å²) < 4.78 is 0. The summed E-state index contributed by atoms with van der Waals surface area (Å²) >= 11 is 0. The van der Waals surface area contributed by atoms with Crippen molar-refractivity contribution >= 4 is 43.1 Å². The van der Waals surface area contributed by atoms with Gasteiger partial charge in [-0.05, 0) is 136 Å². The van der Waals surface area contributed by atoms with Crippen LogP contribution in [0.4, 0.5) is 0 Å². The number of fused-ring (bicyclic) bond motifs is 5. The third-order valence-electron chi connectivity index (χ3n) is 9.64. The molecule has 0 saturated carbocycles. The molecule has 0 amide bonds. The number of benzene rings is 9. The maximum Gasteiger partial charge on any atom is 0.0991 e. The average Bonchev–Trinajstić information content (AvgIpc) is 3.17. The maximum absolute atomic E-state index is 9.13. The van der Waals surface area contributed by atoms with Gasteiger partial charge in [0.1, 0.15) is 0 Å². The predicted molar refractivity (Wildman–Crippen MR) is 203 cm³/mol. The lowest BCUT2D eigenvalue weighted by molar-refractivity contribution is 1.48. The molecule has 0 atom stereocenters. The summed E-state index contributed by atoms with van der Waals surface area (Å²) in [6.45, 7) is 0. The molecule has 0 fully saturated rings. The van der Waals surface area contributed by atoms with E-state index in [4.69, 9.17) is 5.26 Å². The van der Waals surface area contributed by atoms with Gasteiger partial charge in [-0.3, -0.25) is 0 Å². The van der Waals surface area contributed by atoms with Crippen molar-refractivity contribution in [2.24, 2.45) is 0 Å². The summed E-state index contributed by atoms with van der Waals surface area (Å²) in [4.78, 5) is 0. The van der Waals surface area contributed by atoms with Crippen molar-refractivity contribution in [1.29, 1.82) is 5.26 Å². The van der Waals surface area contributed by atoms with Crippen LogP contribution in [0.2, 0.25) is 0 Å². The SMILES string of the molecule is N#Cc1ccc(-c2ccc3cc(-c4ccc5cc(-c6cccc(-c7cc8ccccc8c8ccccc78)c6)ccc5c4)ccc3c2)cc1. The van der Waals surface area contributed by atoms with Crippen molar-refractivity contribution in [3.05, 3.63) is 181 Å². The second kappa shape index (κ2) is 11.4. The first-order valence-corrected chi connectivity index (χ1v) is 16.3. The first-order chi connectivity index (χ1) is 23.7. The molecule has 9 aromatic carbocycles. The highest BCUT2D eigenvalue weighted by molar-refractivity contribution is 6.14. The summed E-state index contributed by atoms with van der Waals surface area (Å²) in [7, 11) is 0. The molecule has 1 nitrogen and oxygen atoms in total. The van der Waals surface area contributed by atoms with Gasteiger partial charge in [0.25, 0.3) is 0 Å². The number of rotatable bonds is 4. The van der Waals surface area contributed by atoms with Crippen molar-refractivity contribution in [3.63, 3.8) is 0 Å². The zero-order chi connectivity index (χ0) is 32.0. The molecule has 0 aliphatic heterocycles. The van der Waals surface area contributed by atoms with Gasteiger partial charge in [-0.15, -0.1) is 0 Å². The fourth-order valence-electron chi connectivity index (χ4n) is 7.11. The lowest BCUT2D eigenvalue weighted by Gasteiger charge is -2.13. The van der Waals surface area contributed by atoms with Crippen molar-refractivity contribution in [2.45, 2.75) is 0 Å². The van der Waals surface area contributed by atoms with Gasteiger partial charge < -0.3 is 0 Å². The monoisotopic (exact) mass is 607 g/mol. The topological polar surface area (TPSA) is 23.8 Å². The molecule has 1 heteroatoms. The Balaban J connectivity index is 1.04. The lowest BCUT2D eigenvalue weighted by Crippen LogP contribution is -1.86. The van der Waals surface area contributed by atoms with Crippen LogP contribution < -0.4 is 0 Å². The first-order valence-electron chi connectivity index (χ1n) is 16.3. The van der Waals surface area contributed by atoms with Gasteiger partial charge in [-0.2, -0.15) is 5.26 Å². The smallest absolute Gasteiger partial charge is 0.0991 e. The van der Waals surface area contributed by atoms with E-state index in [1.807, 2.05) is 24.3 Å². The Morgan fingerprint density at radius 1 is 0.292 bits per heavy atom. The fourth-order valence-corrected chi connectivity index (χ4v) is 7.11. The number of hydrogen-bond donors (Lipinski definition) is 0. The normalized spacial score (nSPS) is 11.3. The van der Waals surface area contributed by atoms with E-state index in [0.29, 0.717) is 5.56 Å². The Morgan fingerprint density at radius 3 is 1.33 bits per heavy atom. The van der Waals surface area contributed by atoms with E-state index < -0.39 is 0 Å². The summed E-state index contributed by atoms with van der Waals surface area (Å²) in [5, 5.41) is 19.1. The Labute approximate surface area is 279 Å². The Bertz CT molecular complexity index is 2730. The minimum atomic E-state index is 0.677. The number of nitrogens with zero attached hydrogens (tertiary/aromatic N) is 1. The highest BCUT2D eigenvalue weighted by atomic mass is 14.2. The molecule has 9 aromatic rings. The van der Waals surface area contributed by atoms with E-state index in [-0.39, 0.29) is 0 Å². The van der Waals surface area contributed by atoms with E-state index in [0.717, 1.165) is 11.1 Å². The van der Waals surface area contributed by atoms with Gasteiger partial charge in [0.15, 0.2) is 0 Å². The third kappa shape index (κ3) is 4.89. The Kier molecular flexibility index (Phi) is 6.59. The average molecular weight is 608 g/mol. The molecule has 0 aromatic heterocycles. The molecule has 0 spiro atoms. The molecule has 0 heterocycles. The Hall–Kier alpha value is -6.49. The van der Waals surface area contributed by atoms with E-state index in [2.05, 4.69) is 158 Å². The van der Waals surface area contributed by atoms with Crippen LogP contribution in [0.3, 0.4) is 0 Å².